The monoisotopic (exact) mass is 718 g/mol. The maximum Gasteiger partial charge on any atom is 0.490 e. The van der Waals surface area contributed by atoms with Crippen LogP contribution >= 0.6 is 0 Å². The molecular weight excluding hydrogens is 687 g/mol. The van der Waals surface area contributed by atoms with E-state index in [1.165, 1.54) is 22.6 Å². The summed E-state index contributed by atoms with van der Waals surface area (Å²) in [5.41, 5.74) is 3.85. The van der Waals surface area contributed by atoms with E-state index in [4.69, 9.17) is 39.1 Å². The molecule has 0 atom stereocenters. The van der Waals surface area contributed by atoms with Crippen LogP contribution in [0.3, 0.4) is 0 Å². The van der Waals surface area contributed by atoms with Crippen molar-refractivity contribution in [2.45, 2.75) is 56.9 Å². The van der Waals surface area contributed by atoms with Crippen LogP contribution < -0.4 is 0 Å². The summed E-state index contributed by atoms with van der Waals surface area (Å²) in [6.45, 7) is 7.24. The van der Waals surface area contributed by atoms with Crippen LogP contribution in [-0.4, -0.2) is 97.8 Å². The average Bonchev–Trinajstić information content (AvgIpc) is 3.67. The largest absolute Gasteiger partial charge is 0.490 e. The van der Waals surface area contributed by atoms with Gasteiger partial charge in [-0.25, -0.2) is 19.4 Å². The van der Waals surface area contributed by atoms with Crippen LogP contribution in [0.1, 0.15) is 30.0 Å². The minimum atomic E-state index is -5.08. The van der Waals surface area contributed by atoms with Crippen molar-refractivity contribution >= 4 is 17.9 Å². The number of benzene rings is 1. The van der Waals surface area contributed by atoms with Gasteiger partial charge >= 0.3 is 36.4 Å². The molecule has 4 heterocycles. The average molecular weight is 719 g/mol. The number of aromatic nitrogens is 2. The third-order valence-electron chi connectivity index (χ3n) is 7.38. The normalized spacial score (nSPS) is 16.1. The number of imidazole rings is 1. The number of nitrogens with zero attached hydrogens (tertiary/aromatic N) is 4. The van der Waals surface area contributed by atoms with Crippen LogP contribution in [0.25, 0.3) is 11.3 Å². The summed E-state index contributed by atoms with van der Waals surface area (Å²) >= 11 is 0. The number of aryl methyl sites for hydroxylation is 1. The van der Waals surface area contributed by atoms with Gasteiger partial charge in [0.05, 0.1) is 30.2 Å². The number of rotatable bonds is 3. The Morgan fingerprint density at radius 1 is 0.796 bits per heavy atom. The summed E-state index contributed by atoms with van der Waals surface area (Å²) in [6, 6.07) is 12.9. The molecule has 1 saturated heterocycles. The Morgan fingerprint density at radius 3 is 1.67 bits per heavy atom. The van der Waals surface area contributed by atoms with E-state index in [0.717, 1.165) is 51.3 Å². The fourth-order valence-corrected chi connectivity index (χ4v) is 4.87. The van der Waals surface area contributed by atoms with Gasteiger partial charge in [0.1, 0.15) is 11.6 Å². The molecule has 11 nitrogen and oxygen atoms in total. The lowest BCUT2D eigenvalue weighted by atomic mass is 9.83. The van der Waals surface area contributed by atoms with Gasteiger partial charge in [-0.1, -0.05) is 29.8 Å². The Bertz CT molecular complexity index is 1470. The minimum Gasteiger partial charge on any atom is -0.475 e. The van der Waals surface area contributed by atoms with Crippen LogP contribution in [0, 0.1) is 6.92 Å². The van der Waals surface area contributed by atoms with Crippen LogP contribution in [0.15, 0.2) is 53.3 Å². The number of hydrogen-bond donors (Lipinski definition) is 3. The highest BCUT2D eigenvalue weighted by molar-refractivity contribution is 5.73. The number of likely N-dealkylation sites (tertiary alicyclic amines) is 1. The van der Waals surface area contributed by atoms with Crippen LogP contribution in [0.4, 0.5) is 39.5 Å². The fraction of sp³-hybridized carbons (Fsp3) is 0.448. The van der Waals surface area contributed by atoms with Gasteiger partial charge in [-0.05, 0) is 44.5 Å². The van der Waals surface area contributed by atoms with Gasteiger partial charge in [-0.15, -0.1) is 0 Å². The number of carboxylic acid groups (broad SMARTS) is 3. The Balaban J connectivity index is 0.000000325. The highest BCUT2D eigenvalue weighted by atomic mass is 19.4. The number of piperidine rings is 1. The second-order valence-corrected chi connectivity index (χ2v) is 10.7. The number of aliphatic carboxylic acids is 3. The molecule has 1 fully saturated rings. The van der Waals surface area contributed by atoms with Crippen molar-refractivity contribution in [2.24, 2.45) is 0 Å². The van der Waals surface area contributed by atoms with E-state index >= 15 is 0 Å². The first kappa shape index (κ1) is 40.6. The molecule has 1 spiro atoms. The summed E-state index contributed by atoms with van der Waals surface area (Å²) in [4.78, 5) is 36.7. The Hall–Kier alpha value is -4.59. The van der Waals surface area contributed by atoms with Gasteiger partial charge in [-0.2, -0.15) is 39.5 Å². The van der Waals surface area contributed by atoms with E-state index in [0.29, 0.717) is 0 Å². The maximum absolute atomic E-state index is 10.6. The number of fused-ring (bicyclic) bond motifs is 2. The molecule has 3 aromatic rings. The van der Waals surface area contributed by atoms with E-state index in [-0.39, 0.29) is 5.54 Å². The molecule has 0 unspecified atom stereocenters. The zero-order valence-electron chi connectivity index (χ0n) is 25.7. The quantitative estimate of drug-likeness (QED) is 0.284. The number of furan rings is 1. The molecule has 272 valence electrons. The molecule has 0 radical (unpaired) electrons. The first-order valence-corrected chi connectivity index (χ1v) is 14.0. The smallest absolute Gasteiger partial charge is 0.475 e. The maximum atomic E-state index is 10.6. The van der Waals surface area contributed by atoms with Crippen LogP contribution in [-0.2, 0) is 33.0 Å². The Morgan fingerprint density at radius 2 is 1.27 bits per heavy atom. The third-order valence-corrected chi connectivity index (χ3v) is 7.38. The second kappa shape index (κ2) is 16.2. The van der Waals surface area contributed by atoms with Crippen molar-refractivity contribution in [3.63, 3.8) is 0 Å². The molecular formula is C29H31F9N4O7. The molecule has 3 N–H and O–H groups in total. The van der Waals surface area contributed by atoms with Crippen molar-refractivity contribution in [2.75, 3.05) is 26.7 Å². The third kappa shape index (κ3) is 11.5. The lowest BCUT2D eigenvalue weighted by Crippen LogP contribution is -2.56. The Kier molecular flexibility index (Phi) is 13.4. The predicted molar refractivity (Wildman–Crippen MR) is 151 cm³/mol. The highest BCUT2D eigenvalue weighted by Gasteiger charge is 2.46. The molecule has 2 aromatic heterocycles. The molecule has 0 bridgehead atoms. The number of carboxylic acids is 3. The van der Waals surface area contributed by atoms with Gasteiger partial charge in [0.25, 0.3) is 0 Å². The van der Waals surface area contributed by atoms with Gasteiger partial charge < -0.3 is 24.3 Å². The molecule has 0 aliphatic carbocycles. The summed E-state index contributed by atoms with van der Waals surface area (Å²) in [5.74, 6) is -5.97. The van der Waals surface area contributed by atoms with Crippen molar-refractivity contribution < 1.29 is 73.6 Å². The zero-order valence-corrected chi connectivity index (χ0v) is 25.7. The molecule has 5 rings (SSSR count). The zero-order chi connectivity index (χ0) is 37.4. The van der Waals surface area contributed by atoms with E-state index in [9.17, 15) is 39.5 Å². The van der Waals surface area contributed by atoms with Crippen molar-refractivity contribution in [3.05, 3.63) is 66.0 Å². The van der Waals surface area contributed by atoms with Crippen molar-refractivity contribution in [1.82, 2.24) is 19.4 Å². The second-order valence-electron chi connectivity index (χ2n) is 10.7. The lowest BCUT2D eigenvalue weighted by Gasteiger charge is -2.49. The lowest BCUT2D eigenvalue weighted by molar-refractivity contribution is -0.193. The number of halogens is 9. The number of alkyl halides is 9. The van der Waals surface area contributed by atoms with E-state index in [2.05, 4.69) is 64.9 Å². The van der Waals surface area contributed by atoms with E-state index < -0.39 is 36.4 Å². The fourth-order valence-electron chi connectivity index (χ4n) is 4.87. The molecule has 0 amide bonds. The highest BCUT2D eigenvalue weighted by Crippen LogP contribution is 2.41. The van der Waals surface area contributed by atoms with Gasteiger partial charge in [-0.3, -0.25) is 9.80 Å². The summed E-state index contributed by atoms with van der Waals surface area (Å²) in [7, 11) is 2.27. The summed E-state index contributed by atoms with van der Waals surface area (Å²) in [6.07, 6.45) is -9.20. The summed E-state index contributed by atoms with van der Waals surface area (Å²) < 4.78 is 103. The van der Waals surface area contributed by atoms with Crippen molar-refractivity contribution in [1.29, 1.82) is 0 Å². The first-order chi connectivity index (χ1) is 22.5. The Labute approximate surface area is 272 Å². The van der Waals surface area contributed by atoms with E-state index in [1.807, 2.05) is 6.07 Å². The number of carbonyl (C=O) groups is 3. The van der Waals surface area contributed by atoms with Crippen molar-refractivity contribution in [3.8, 4) is 11.3 Å². The molecule has 20 heteroatoms. The number of likely N-dealkylation sites (N-methyl/N-ethyl adjacent to an activating group) is 1. The first-order valence-electron chi connectivity index (χ1n) is 14.0. The summed E-state index contributed by atoms with van der Waals surface area (Å²) in [5, 5.41) is 21.4. The van der Waals surface area contributed by atoms with Gasteiger partial charge in [0.15, 0.2) is 0 Å². The molecule has 2 aliphatic heterocycles. The van der Waals surface area contributed by atoms with Crippen LogP contribution in [0.5, 0.6) is 0 Å². The SMILES string of the molecule is Cc1ccc(-c2cnc3n2CCN(C)C32CCN(Cc3ccco3)CC2)cc1.O=C(O)C(F)(F)F.O=C(O)C(F)(F)F.O=C(O)C(F)(F)F. The minimum absolute atomic E-state index is 0.0425. The molecule has 0 saturated carbocycles. The standard InChI is InChI=1S/C23H28N4O.3C2HF3O2/c1-18-5-7-19(8-6-18)21-16-24-22-23(25(2)13-14-27(21)22)9-11-26(12-10-23)17-20-4-3-15-28-20;3*3-2(4,5)1(6)7/h3-8,15-16H,9-14,17H2,1-2H3;3*(H,6,7). The van der Waals surface area contributed by atoms with E-state index in [1.54, 1.807) is 6.26 Å². The molecule has 49 heavy (non-hydrogen) atoms. The van der Waals surface area contributed by atoms with Crippen LogP contribution in [0.2, 0.25) is 0 Å². The van der Waals surface area contributed by atoms with Gasteiger partial charge in [0, 0.05) is 26.2 Å². The molecule has 1 aromatic carbocycles. The predicted octanol–water partition coefficient (Wildman–Crippen LogP) is 5.79. The topological polar surface area (TPSA) is 149 Å². The number of hydrogen-bond acceptors (Lipinski definition) is 7. The van der Waals surface area contributed by atoms with Gasteiger partial charge in [0.2, 0.25) is 0 Å². The molecule has 2 aliphatic rings.